The van der Waals surface area contributed by atoms with Crippen LogP contribution in [0.15, 0.2) is 85.2 Å². The standard InChI is InChI=1S/C46H53N5O4/c1-31(2)39-6-4-5-7-40(39)41-29-49(28-32-8-13-42(53-3)44(22-32)54-37-11-12-37)20-21-51(41)36-25-46(26-36)15-18-50(19-16-46)35-10-9-34(30-52)43(24-35)55-38-23-33-14-17-47-45(33)48-27-38/h4-10,13-14,17,22-24,27,30-31,36-37,41H,11-12,15-16,18-21,25-26,28-29H2,1-3H3,(H,47,48). The van der Waals surface area contributed by atoms with Gasteiger partial charge >= 0.3 is 0 Å². The van der Waals surface area contributed by atoms with Crippen LogP contribution in [-0.2, 0) is 6.54 Å². The van der Waals surface area contributed by atoms with Crippen molar-refractivity contribution in [1.29, 1.82) is 0 Å². The minimum atomic E-state index is 0.333. The lowest BCUT2D eigenvalue weighted by molar-refractivity contribution is -0.0628. The third-order valence-electron chi connectivity index (χ3n) is 12.7. The maximum absolute atomic E-state index is 12.0. The van der Waals surface area contributed by atoms with E-state index in [0.29, 0.717) is 46.6 Å². The number of ether oxygens (including phenoxy) is 3. The molecule has 9 rings (SSSR count). The van der Waals surface area contributed by atoms with E-state index in [9.17, 15) is 4.79 Å². The number of nitrogens with one attached hydrogen (secondary N) is 1. The minimum absolute atomic E-state index is 0.333. The average molecular weight is 740 g/mol. The Labute approximate surface area is 324 Å². The molecule has 9 heteroatoms. The molecule has 1 unspecified atom stereocenters. The summed E-state index contributed by atoms with van der Waals surface area (Å²) in [7, 11) is 1.73. The van der Waals surface area contributed by atoms with Crippen LogP contribution >= 0.6 is 0 Å². The fourth-order valence-corrected chi connectivity index (χ4v) is 9.42. The highest BCUT2D eigenvalue weighted by atomic mass is 16.5. The molecule has 0 amide bonds. The molecule has 2 aliphatic heterocycles. The predicted molar refractivity (Wildman–Crippen MR) is 217 cm³/mol. The highest BCUT2D eigenvalue weighted by molar-refractivity contribution is 5.81. The molecule has 4 fully saturated rings. The van der Waals surface area contributed by atoms with Gasteiger partial charge in [0.05, 0.1) is 25.0 Å². The van der Waals surface area contributed by atoms with Crippen molar-refractivity contribution in [2.45, 2.75) is 83.0 Å². The molecule has 2 aromatic heterocycles. The summed E-state index contributed by atoms with van der Waals surface area (Å²) in [6.45, 7) is 10.7. The maximum Gasteiger partial charge on any atom is 0.161 e. The zero-order valence-electron chi connectivity index (χ0n) is 32.4. The van der Waals surface area contributed by atoms with Crippen LogP contribution in [0.25, 0.3) is 11.0 Å². The van der Waals surface area contributed by atoms with E-state index in [4.69, 9.17) is 14.2 Å². The first-order chi connectivity index (χ1) is 26.9. The van der Waals surface area contributed by atoms with E-state index in [1.807, 2.05) is 30.5 Å². The molecule has 1 atom stereocenters. The lowest BCUT2D eigenvalue weighted by Crippen LogP contribution is -2.60. The number of carbonyl (C=O) groups is 1. The SMILES string of the molecule is COc1ccc(CN2CCN(C3CC4(CCN(c5ccc(C=O)c(Oc6cnc7[nH]ccc7c6)c5)CC4)C3)C(c3ccccc3C(C)C)C2)cc1OC1CC1. The van der Waals surface area contributed by atoms with E-state index in [1.54, 1.807) is 13.3 Å². The number of benzene rings is 3. The molecule has 5 aromatic rings. The number of nitrogens with zero attached hydrogens (tertiary/aromatic N) is 4. The Kier molecular flexibility index (Phi) is 9.77. The summed E-state index contributed by atoms with van der Waals surface area (Å²) in [5, 5.41) is 0.973. The molecule has 2 aliphatic carbocycles. The number of aromatic nitrogens is 2. The van der Waals surface area contributed by atoms with Gasteiger partial charge in [0.1, 0.15) is 17.1 Å². The second kappa shape index (κ2) is 15.0. The van der Waals surface area contributed by atoms with Gasteiger partial charge in [-0.25, -0.2) is 4.98 Å². The minimum Gasteiger partial charge on any atom is -0.493 e. The molecule has 3 aromatic carbocycles. The number of H-pyrrole nitrogens is 1. The zero-order valence-corrected chi connectivity index (χ0v) is 32.4. The summed E-state index contributed by atoms with van der Waals surface area (Å²) in [6, 6.07) is 26.5. The molecule has 286 valence electrons. The zero-order chi connectivity index (χ0) is 37.5. The molecule has 1 spiro atoms. The summed E-state index contributed by atoms with van der Waals surface area (Å²) >= 11 is 0. The van der Waals surface area contributed by atoms with Crippen LogP contribution in [0.3, 0.4) is 0 Å². The Morgan fingerprint density at radius 3 is 2.55 bits per heavy atom. The summed E-state index contributed by atoms with van der Waals surface area (Å²) in [4.78, 5) is 27.5. The monoisotopic (exact) mass is 739 g/mol. The number of hydrogen-bond donors (Lipinski definition) is 1. The van der Waals surface area contributed by atoms with Crippen LogP contribution in [0.5, 0.6) is 23.0 Å². The van der Waals surface area contributed by atoms with Crippen LogP contribution in [0.1, 0.15) is 91.4 Å². The van der Waals surface area contributed by atoms with E-state index in [-0.39, 0.29) is 0 Å². The number of aromatic amines is 1. The lowest BCUT2D eigenvalue weighted by Gasteiger charge is -2.58. The number of piperazine rings is 1. The van der Waals surface area contributed by atoms with E-state index in [2.05, 4.69) is 87.0 Å². The second-order valence-corrected chi connectivity index (χ2v) is 16.7. The van der Waals surface area contributed by atoms with Crippen LogP contribution in [0.2, 0.25) is 0 Å². The van der Waals surface area contributed by atoms with Crippen molar-refractivity contribution in [2.24, 2.45) is 5.41 Å². The summed E-state index contributed by atoms with van der Waals surface area (Å²) < 4.78 is 18.1. The number of hydrogen-bond acceptors (Lipinski definition) is 8. The maximum atomic E-state index is 12.0. The quantitative estimate of drug-likeness (QED) is 0.127. The fraction of sp³-hybridized carbons (Fsp3) is 0.435. The second-order valence-electron chi connectivity index (χ2n) is 16.7. The molecule has 2 saturated heterocycles. The van der Waals surface area contributed by atoms with E-state index in [0.717, 1.165) is 86.6 Å². The van der Waals surface area contributed by atoms with Gasteiger partial charge in [0, 0.05) is 74.7 Å². The van der Waals surface area contributed by atoms with Crippen molar-refractivity contribution in [3.05, 3.63) is 107 Å². The number of fused-ring (bicyclic) bond motifs is 1. The third-order valence-corrected chi connectivity index (χ3v) is 12.7. The number of pyridine rings is 1. The number of methoxy groups -OCH3 is 1. The van der Waals surface area contributed by atoms with Gasteiger partial charge in [-0.15, -0.1) is 0 Å². The van der Waals surface area contributed by atoms with Gasteiger partial charge in [-0.05, 0) is 103 Å². The topological polar surface area (TPSA) is 83.2 Å². The van der Waals surface area contributed by atoms with Crippen LogP contribution in [0, 0.1) is 5.41 Å². The van der Waals surface area contributed by atoms with Crippen molar-refractivity contribution in [3.8, 4) is 23.0 Å². The number of aldehydes is 1. The fourth-order valence-electron chi connectivity index (χ4n) is 9.42. The Morgan fingerprint density at radius 2 is 1.76 bits per heavy atom. The van der Waals surface area contributed by atoms with Crippen molar-refractivity contribution in [1.82, 2.24) is 19.8 Å². The molecule has 55 heavy (non-hydrogen) atoms. The van der Waals surface area contributed by atoms with Gasteiger partial charge < -0.3 is 24.1 Å². The molecule has 0 radical (unpaired) electrons. The first-order valence-corrected chi connectivity index (χ1v) is 20.2. The van der Waals surface area contributed by atoms with Crippen molar-refractivity contribution in [2.75, 3.05) is 44.7 Å². The van der Waals surface area contributed by atoms with Crippen molar-refractivity contribution in [3.63, 3.8) is 0 Å². The lowest BCUT2D eigenvalue weighted by atomic mass is 9.59. The molecule has 9 nitrogen and oxygen atoms in total. The van der Waals surface area contributed by atoms with Gasteiger partial charge in [0.15, 0.2) is 17.8 Å². The van der Waals surface area contributed by atoms with E-state index < -0.39 is 0 Å². The molecular weight excluding hydrogens is 687 g/mol. The predicted octanol–water partition coefficient (Wildman–Crippen LogP) is 9.15. The Bertz CT molecular complexity index is 2140. The highest BCUT2D eigenvalue weighted by Crippen LogP contribution is 2.53. The van der Waals surface area contributed by atoms with Gasteiger partial charge in [0.25, 0.3) is 0 Å². The highest BCUT2D eigenvalue weighted by Gasteiger charge is 2.50. The average Bonchev–Trinajstić information content (AvgIpc) is 3.89. The number of piperidine rings is 1. The van der Waals surface area contributed by atoms with Gasteiger partial charge in [0.2, 0.25) is 0 Å². The van der Waals surface area contributed by atoms with Gasteiger partial charge in [-0.2, -0.15) is 0 Å². The van der Waals surface area contributed by atoms with Crippen LogP contribution in [-0.4, -0.2) is 78.0 Å². The molecular formula is C46H53N5O4. The van der Waals surface area contributed by atoms with Gasteiger partial charge in [-0.3, -0.25) is 14.6 Å². The first-order valence-electron chi connectivity index (χ1n) is 20.2. The van der Waals surface area contributed by atoms with Crippen molar-refractivity contribution < 1.29 is 19.0 Å². The largest absolute Gasteiger partial charge is 0.493 e. The molecule has 1 N–H and O–H groups in total. The summed E-state index contributed by atoms with van der Waals surface area (Å²) in [5.74, 6) is 3.36. The number of carbonyl (C=O) groups excluding carboxylic acids is 1. The third kappa shape index (κ3) is 7.44. The Morgan fingerprint density at radius 1 is 0.927 bits per heavy atom. The van der Waals surface area contributed by atoms with Crippen LogP contribution < -0.4 is 19.1 Å². The van der Waals surface area contributed by atoms with E-state index in [1.165, 1.54) is 42.4 Å². The molecule has 2 saturated carbocycles. The molecule has 4 heterocycles. The van der Waals surface area contributed by atoms with Crippen molar-refractivity contribution >= 4 is 23.0 Å². The summed E-state index contributed by atoms with van der Waals surface area (Å²) in [5.41, 5.74) is 7.09. The smallest absolute Gasteiger partial charge is 0.161 e. The molecule has 0 bridgehead atoms. The van der Waals surface area contributed by atoms with Crippen LogP contribution in [0.4, 0.5) is 5.69 Å². The first kappa shape index (κ1) is 35.8. The Balaban J connectivity index is 0.872. The number of rotatable bonds is 12. The van der Waals surface area contributed by atoms with Gasteiger partial charge in [-0.1, -0.05) is 44.2 Å². The van der Waals surface area contributed by atoms with E-state index >= 15 is 0 Å². The summed E-state index contributed by atoms with van der Waals surface area (Å²) in [6.07, 6.45) is 11.9. The normalized spacial score (nSPS) is 20.5. The molecule has 4 aliphatic rings. The Hall–Kier alpha value is -4.86. The number of anilines is 1.